The summed E-state index contributed by atoms with van der Waals surface area (Å²) in [5.74, 6) is -1.83. The summed E-state index contributed by atoms with van der Waals surface area (Å²) in [7, 11) is 0. The molecule has 0 radical (unpaired) electrons. The molecule has 0 aliphatic carbocycles. The number of imide groups is 1. The van der Waals surface area contributed by atoms with Crippen LogP contribution in [0, 0.1) is 5.82 Å². The maximum Gasteiger partial charge on any atom is 0.234 e. The summed E-state index contributed by atoms with van der Waals surface area (Å²) in [6, 6.07) is 1.21. The van der Waals surface area contributed by atoms with Crippen molar-refractivity contribution in [2.24, 2.45) is 0 Å². The quantitative estimate of drug-likeness (QED) is 0.644. The fourth-order valence-corrected chi connectivity index (χ4v) is 1.95. The van der Waals surface area contributed by atoms with Crippen molar-refractivity contribution in [3.8, 4) is 0 Å². The van der Waals surface area contributed by atoms with Crippen LogP contribution in [0.3, 0.4) is 0 Å². The average molecular weight is 257 g/mol. The van der Waals surface area contributed by atoms with E-state index in [0.717, 1.165) is 0 Å². The molecule has 17 heavy (non-hydrogen) atoms. The third-order valence-corrected chi connectivity index (χ3v) is 2.96. The number of hydrogen-bond acceptors (Lipinski definition) is 3. The predicted molar refractivity (Wildman–Crippen MR) is 58.9 cm³/mol. The number of hydrogen-bond donors (Lipinski definition) is 1. The maximum atomic E-state index is 13.7. The lowest BCUT2D eigenvalue weighted by Crippen LogP contribution is -2.39. The van der Waals surface area contributed by atoms with Gasteiger partial charge in [0.2, 0.25) is 11.8 Å². The van der Waals surface area contributed by atoms with Crippen molar-refractivity contribution in [2.45, 2.75) is 24.6 Å². The maximum absolute atomic E-state index is 13.7. The van der Waals surface area contributed by atoms with Crippen LogP contribution in [0.1, 0.15) is 30.0 Å². The molecule has 0 bridgehead atoms. The van der Waals surface area contributed by atoms with Gasteiger partial charge in [-0.05, 0) is 12.5 Å². The van der Waals surface area contributed by atoms with Gasteiger partial charge in [-0.25, -0.2) is 4.39 Å². The Bertz CT molecular complexity index is 479. The first kappa shape index (κ1) is 12.0. The van der Waals surface area contributed by atoms with Gasteiger partial charge in [0.25, 0.3) is 0 Å². The van der Waals surface area contributed by atoms with E-state index in [0.29, 0.717) is 12.1 Å². The van der Waals surface area contributed by atoms with E-state index in [2.05, 4.69) is 10.3 Å². The number of carbonyl (C=O) groups is 2. The molecule has 1 N–H and O–H groups in total. The van der Waals surface area contributed by atoms with E-state index in [-0.39, 0.29) is 23.8 Å². The molecule has 2 amide bonds. The van der Waals surface area contributed by atoms with Gasteiger partial charge >= 0.3 is 0 Å². The summed E-state index contributed by atoms with van der Waals surface area (Å²) in [5, 5.41) is 2.19. The van der Waals surface area contributed by atoms with Gasteiger partial charge in [-0.3, -0.25) is 19.9 Å². The number of carbonyl (C=O) groups excluding carboxylic acids is 2. The van der Waals surface area contributed by atoms with Gasteiger partial charge < -0.3 is 0 Å². The zero-order chi connectivity index (χ0) is 12.4. The Morgan fingerprint density at radius 1 is 1.53 bits per heavy atom. The Balaban J connectivity index is 2.28. The van der Waals surface area contributed by atoms with E-state index >= 15 is 0 Å². The second kappa shape index (κ2) is 4.79. The minimum atomic E-state index is -0.649. The molecular weight excluding hydrogens is 247 g/mol. The van der Waals surface area contributed by atoms with Crippen LogP contribution in [-0.2, 0) is 15.5 Å². The Morgan fingerprint density at radius 3 is 2.88 bits per heavy atom. The first-order valence-electron chi connectivity index (χ1n) is 5.16. The second-order valence-electron chi connectivity index (χ2n) is 3.83. The van der Waals surface area contributed by atoms with Crippen LogP contribution in [0.5, 0.6) is 0 Å². The summed E-state index contributed by atoms with van der Waals surface area (Å²) in [5.41, 5.74) is 0.629. The number of aromatic nitrogens is 1. The van der Waals surface area contributed by atoms with E-state index in [1.165, 1.54) is 12.3 Å². The fraction of sp³-hybridized carbons (Fsp3) is 0.364. The highest BCUT2D eigenvalue weighted by Crippen LogP contribution is 2.26. The Morgan fingerprint density at radius 2 is 2.29 bits per heavy atom. The van der Waals surface area contributed by atoms with Crippen molar-refractivity contribution >= 4 is 23.4 Å². The molecule has 1 aromatic heterocycles. The highest BCUT2D eigenvalue weighted by molar-refractivity contribution is 6.16. The molecule has 1 saturated heterocycles. The summed E-state index contributed by atoms with van der Waals surface area (Å²) in [6.45, 7) is 0. The molecule has 1 unspecified atom stereocenters. The number of nitrogens with one attached hydrogen (secondary N) is 1. The van der Waals surface area contributed by atoms with Crippen LogP contribution >= 0.6 is 11.6 Å². The van der Waals surface area contributed by atoms with Gasteiger partial charge in [-0.15, -0.1) is 11.6 Å². The number of nitrogens with zero attached hydrogens (tertiary/aromatic N) is 1. The van der Waals surface area contributed by atoms with Crippen LogP contribution < -0.4 is 5.32 Å². The standard InChI is InChI=1S/C11H10ClFN2O2/c12-4-6-3-9(13)8(5-14-6)7-1-2-10(16)15-11(7)17/h3,5,7H,1-2,4H2,(H,15,16,17). The van der Waals surface area contributed by atoms with E-state index in [9.17, 15) is 14.0 Å². The first-order chi connectivity index (χ1) is 8.11. The summed E-state index contributed by atoms with van der Waals surface area (Å²) in [6.07, 6.45) is 1.84. The van der Waals surface area contributed by atoms with E-state index in [4.69, 9.17) is 11.6 Å². The van der Waals surface area contributed by atoms with E-state index in [1.807, 2.05) is 0 Å². The fourth-order valence-electron chi connectivity index (χ4n) is 1.80. The lowest BCUT2D eigenvalue weighted by atomic mass is 9.91. The molecule has 0 spiro atoms. The number of piperidine rings is 1. The number of amides is 2. The molecule has 2 rings (SSSR count). The molecule has 1 aromatic rings. The molecule has 4 nitrogen and oxygen atoms in total. The zero-order valence-corrected chi connectivity index (χ0v) is 9.63. The normalized spacial score (nSPS) is 20.2. The van der Waals surface area contributed by atoms with Crippen LogP contribution in [0.25, 0.3) is 0 Å². The Labute approximate surface area is 102 Å². The summed E-state index contributed by atoms with van der Waals surface area (Å²) < 4.78 is 13.7. The average Bonchev–Trinajstić information content (AvgIpc) is 2.30. The number of halogens is 2. The minimum Gasteiger partial charge on any atom is -0.296 e. The van der Waals surface area contributed by atoms with E-state index in [1.54, 1.807) is 0 Å². The lowest BCUT2D eigenvalue weighted by molar-refractivity contribution is -0.134. The monoisotopic (exact) mass is 256 g/mol. The number of rotatable bonds is 2. The van der Waals surface area contributed by atoms with Gasteiger partial charge in [0, 0.05) is 18.2 Å². The summed E-state index contributed by atoms with van der Waals surface area (Å²) >= 11 is 5.53. The molecule has 1 aliphatic rings. The van der Waals surface area contributed by atoms with Crippen molar-refractivity contribution < 1.29 is 14.0 Å². The van der Waals surface area contributed by atoms with Crippen LogP contribution in [0.4, 0.5) is 4.39 Å². The number of pyridine rings is 1. The molecule has 1 aliphatic heterocycles. The highest BCUT2D eigenvalue weighted by Gasteiger charge is 2.30. The van der Waals surface area contributed by atoms with Crippen LogP contribution in [0.2, 0.25) is 0 Å². The predicted octanol–water partition coefficient (Wildman–Crippen LogP) is 1.48. The van der Waals surface area contributed by atoms with Crippen molar-refractivity contribution in [3.05, 3.63) is 29.3 Å². The lowest BCUT2D eigenvalue weighted by Gasteiger charge is -2.21. The minimum absolute atomic E-state index is 0.118. The largest absolute Gasteiger partial charge is 0.296 e. The van der Waals surface area contributed by atoms with Gasteiger partial charge in [0.05, 0.1) is 17.5 Å². The van der Waals surface area contributed by atoms with Crippen LogP contribution in [0.15, 0.2) is 12.3 Å². The number of alkyl halides is 1. The molecule has 90 valence electrons. The summed E-state index contributed by atoms with van der Waals surface area (Å²) in [4.78, 5) is 26.5. The molecular formula is C11H10ClFN2O2. The van der Waals surface area contributed by atoms with Crippen LogP contribution in [-0.4, -0.2) is 16.8 Å². The first-order valence-corrected chi connectivity index (χ1v) is 5.69. The second-order valence-corrected chi connectivity index (χ2v) is 4.10. The van der Waals surface area contributed by atoms with Crippen molar-refractivity contribution in [1.82, 2.24) is 10.3 Å². The van der Waals surface area contributed by atoms with Gasteiger partial charge in [-0.2, -0.15) is 0 Å². The van der Waals surface area contributed by atoms with Gasteiger partial charge in [0.15, 0.2) is 0 Å². The topological polar surface area (TPSA) is 59.1 Å². The molecule has 0 saturated carbocycles. The van der Waals surface area contributed by atoms with Gasteiger partial charge in [0.1, 0.15) is 5.82 Å². The molecule has 0 aromatic carbocycles. The zero-order valence-electron chi connectivity index (χ0n) is 8.87. The van der Waals surface area contributed by atoms with Crippen molar-refractivity contribution in [1.29, 1.82) is 0 Å². The van der Waals surface area contributed by atoms with Gasteiger partial charge in [-0.1, -0.05) is 0 Å². The molecule has 1 atom stereocenters. The third-order valence-electron chi connectivity index (χ3n) is 2.69. The third kappa shape index (κ3) is 2.44. The SMILES string of the molecule is O=C1CCC(c2cnc(CCl)cc2F)C(=O)N1. The Kier molecular flexibility index (Phi) is 3.38. The van der Waals surface area contributed by atoms with Crippen molar-refractivity contribution in [3.63, 3.8) is 0 Å². The molecule has 6 heteroatoms. The molecule has 2 heterocycles. The highest BCUT2D eigenvalue weighted by atomic mass is 35.5. The van der Waals surface area contributed by atoms with E-state index < -0.39 is 17.6 Å². The van der Waals surface area contributed by atoms with Crippen molar-refractivity contribution in [2.75, 3.05) is 0 Å². The smallest absolute Gasteiger partial charge is 0.234 e. The Hall–Kier alpha value is -1.49. The molecule has 1 fully saturated rings.